The van der Waals surface area contributed by atoms with E-state index in [1.165, 1.54) is 6.07 Å². The van der Waals surface area contributed by atoms with Gasteiger partial charge in [-0.2, -0.15) is 0 Å². The number of halogens is 2. The first-order valence-corrected chi connectivity index (χ1v) is 6.96. The lowest BCUT2D eigenvalue weighted by Crippen LogP contribution is -2.39. The fourth-order valence-corrected chi connectivity index (χ4v) is 2.73. The average Bonchev–Trinajstić information content (AvgIpc) is 2.88. The summed E-state index contributed by atoms with van der Waals surface area (Å²) in [5.74, 6) is 0.486. The second kappa shape index (κ2) is 5.43. The zero-order valence-corrected chi connectivity index (χ0v) is 11.6. The van der Waals surface area contributed by atoms with Crippen molar-refractivity contribution in [2.24, 2.45) is 5.73 Å². The van der Waals surface area contributed by atoms with Crippen LogP contribution in [0.25, 0.3) is 0 Å². The minimum absolute atomic E-state index is 0.120. The molecule has 0 bridgehead atoms. The van der Waals surface area contributed by atoms with Gasteiger partial charge in [-0.25, -0.2) is 4.39 Å². The Labute approximate surface area is 122 Å². The number of nitrogens with two attached hydrogens (primary N) is 1. The molecule has 2 N–H and O–H groups in total. The summed E-state index contributed by atoms with van der Waals surface area (Å²) in [7, 11) is 0. The molecule has 0 aromatic heterocycles. The van der Waals surface area contributed by atoms with E-state index >= 15 is 0 Å². The van der Waals surface area contributed by atoms with E-state index in [2.05, 4.69) is 0 Å². The van der Waals surface area contributed by atoms with E-state index in [9.17, 15) is 4.39 Å². The number of ether oxygens (including phenoxy) is 1. The average molecular weight is 292 g/mol. The first-order chi connectivity index (χ1) is 9.65. The van der Waals surface area contributed by atoms with Gasteiger partial charge in [-0.3, -0.25) is 0 Å². The quantitative estimate of drug-likeness (QED) is 0.941. The zero-order chi connectivity index (χ0) is 14.1. The Kier molecular flexibility index (Phi) is 3.64. The Hall–Kier alpha value is -1.58. The van der Waals surface area contributed by atoms with Gasteiger partial charge in [0.15, 0.2) is 0 Å². The van der Waals surface area contributed by atoms with Gasteiger partial charge in [0.2, 0.25) is 0 Å². The minimum atomic E-state index is -0.389. The molecule has 4 heteroatoms. The maximum atomic E-state index is 13.9. The topological polar surface area (TPSA) is 35.2 Å². The highest BCUT2D eigenvalue weighted by Gasteiger charge is 2.28. The summed E-state index contributed by atoms with van der Waals surface area (Å²) in [5, 5.41) is 0.130. The first-order valence-electron chi connectivity index (χ1n) is 6.58. The Morgan fingerprint density at radius 3 is 2.85 bits per heavy atom. The van der Waals surface area contributed by atoms with Crippen molar-refractivity contribution in [1.82, 2.24) is 0 Å². The number of fused-ring (bicyclic) bond motifs is 1. The summed E-state index contributed by atoms with van der Waals surface area (Å²) in [5.41, 5.74) is 7.86. The third-order valence-electron chi connectivity index (χ3n) is 3.64. The number of benzene rings is 2. The van der Waals surface area contributed by atoms with Crippen LogP contribution < -0.4 is 10.5 Å². The third-order valence-corrected chi connectivity index (χ3v) is 3.93. The monoisotopic (exact) mass is 291 g/mol. The van der Waals surface area contributed by atoms with E-state index in [4.69, 9.17) is 22.1 Å². The van der Waals surface area contributed by atoms with Crippen molar-refractivity contribution in [3.63, 3.8) is 0 Å². The summed E-state index contributed by atoms with van der Waals surface area (Å²) in [4.78, 5) is 0. The molecular formula is C16H15ClFNO. The smallest absolute Gasteiger partial charge is 0.145 e. The molecule has 2 nitrogen and oxygen atoms in total. The maximum Gasteiger partial charge on any atom is 0.145 e. The summed E-state index contributed by atoms with van der Waals surface area (Å²) < 4.78 is 19.7. The van der Waals surface area contributed by atoms with Crippen molar-refractivity contribution < 1.29 is 9.13 Å². The van der Waals surface area contributed by atoms with Gasteiger partial charge < -0.3 is 10.5 Å². The molecule has 1 aliphatic rings. The van der Waals surface area contributed by atoms with Crippen molar-refractivity contribution in [2.45, 2.75) is 25.0 Å². The van der Waals surface area contributed by atoms with E-state index in [1.807, 2.05) is 24.3 Å². The highest BCUT2D eigenvalue weighted by molar-refractivity contribution is 6.30. The van der Waals surface area contributed by atoms with E-state index in [0.29, 0.717) is 12.0 Å². The Morgan fingerprint density at radius 2 is 2.05 bits per heavy atom. The third kappa shape index (κ3) is 2.51. The van der Waals surface area contributed by atoms with Crippen LogP contribution in [-0.2, 0) is 12.8 Å². The number of hydrogen-bond donors (Lipinski definition) is 1. The molecule has 2 aromatic rings. The van der Waals surface area contributed by atoms with Crippen LogP contribution in [0.2, 0.25) is 5.02 Å². The van der Waals surface area contributed by atoms with Gasteiger partial charge in [0, 0.05) is 12.5 Å². The lowest BCUT2D eigenvalue weighted by Gasteiger charge is -2.19. The van der Waals surface area contributed by atoms with E-state index in [0.717, 1.165) is 17.7 Å². The molecule has 1 heterocycles. The fourth-order valence-electron chi connectivity index (χ4n) is 2.54. The largest absolute Gasteiger partial charge is 0.488 e. The molecule has 0 amide bonds. The van der Waals surface area contributed by atoms with E-state index < -0.39 is 0 Å². The molecule has 2 unspecified atom stereocenters. The summed E-state index contributed by atoms with van der Waals surface area (Å²) in [6, 6.07) is 12.6. The molecule has 0 saturated heterocycles. The second-order valence-electron chi connectivity index (χ2n) is 5.05. The highest BCUT2D eigenvalue weighted by Crippen LogP contribution is 2.30. The summed E-state index contributed by atoms with van der Waals surface area (Å²) >= 11 is 5.78. The molecule has 104 valence electrons. The van der Waals surface area contributed by atoms with Gasteiger partial charge in [-0.15, -0.1) is 0 Å². The molecule has 0 radical (unpaired) electrons. The molecule has 0 saturated carbocycles. The normalized spacial score (nSPS) is 18.4. The summed E-state index contributed by atoms with van der Waals surface area (Å²) in [6.45, 7) is 0. The van der Waals surface area contributed by atoms with Crippen molar-refractivity contribution in [3.8, 4) is 5.75 Å². The maximum absolute atomic E-state index is 13.9. The molecule has 20 heavy (non-hydrogen) atoms. The Morgan fingerprint density at radius 1 is 1.25 bits per heavy atom. The Balaban J connectivity index is 1.72. The van der Waals surface area contributed by atoms with Crippen LogP contribution in [0.3, 0.4) is 0 Å². The van der Waals surface area contributed by atoms with Crippen molar-refractivity contribution in [1.29, 1.82) is 0 Å². The second-order valence-corrected chi connectivity index (χ2v) is 5.46. The van der Waals surface area contributed by atoms with Gasteiger partial charge >= 0.3 is 0 Å². The number of rotatable bonds is 3. The van der Waals surface area contributed by atoms with Gasteiger partial charge in [0.05, 0.1) is 5.02 Å². The number of hydrogen-bond acceptors (Lipinski definition) is 2. The van der Waals surface area contributed by atoms with Crippen LogP contribution in [0.1, 0.15) is 11.1 Å². The van der Waals surface area contributed by atoms with Gasteiger partial charge in [-0.1, -0.05) is 41.9 Å². The molecule has 3 rings (SSSR count). The number of para-hydroxylation sites is 1. The molecule has 2 atom stereocenters. The standard InChI is InChI=1S/C16H15ClFNO/c17-12-6-3-5-11(16(12)18)8-13(19)15-9-10-4-1-2-7-14(10)20-15/h1-7,13,15H,8-9,19H2. The SMILES string of the molecule is NC(Cc1cccc(Cl)c1F)C1Cc2ccccc2O1. The van der Waals surface area contributed by atoms with Crippen molar-refractivity contribution >= 4 is 11.6 Å². The molecule has 0 fully saturated rings. The predicted molar refractivity (Wildman–Crippen MR) is 77.7 cm³/mol. The van der Waals surface area contributed by atoms with Crippen LogP contribution in [0.15, 0.2) is 42.5 Å². The van der Waals surface area contributed by atoms with Crippen LogP contribution in [-0.4, -0.2) is 12.1 Å². The van der Waals surface area contributed by atoms with Crippen LogP contribution >= 0.6 is 11.6 Å². The van der Waals surface area contributed by atoms with E-state index in [-0.39, 0.29) is 23.0 Å². The minimum Gasteiger partial charge on any atom is -0.488 e. The molecule has 2 aromatic carbocycles. The Bertz CT molecular complexity index is 607. The molecule has 0 aliphatic carbocycles. The van der Waals surface area contributed by atoms with Gasteiger partial charge in [0.25, 0.3) is 0 Å². The molecule has 0 spiro atoms. The summed E-state index contributed by atoms with van der Waals surface area (Å²) in [6.07, 6.45) is 1.05. The van der Waals surface area contributed by atoms with Gasteiger partial charge in [0.1, 0.15) is 17.7 Å². The first kappa shape index (κ1) is 13.4. The lowest BCUT2D eigenvalue weighted by atomic mass is 9.98. The highest BCUT2D eigenvalue weighted by atomic mass is 35.5. The van der Waals surface area contributed by atoms with Crippen molar-refractivity contribution in [2.75, 3.05) is 0 Å². The van der Waals surface area contributed by atoms with Crippen LogP contribution in [0.4, 0.5) is 4.39 Å². The van der Waals surface area contributed by atoms with Crippen molar-refractivity contribution in [3.05, 3.63) is 64.4 Å². The van der Waals surface area contributed by atoms with Crippen LogP contribution in [0, 0.1) is 5.82 Å². The predicted octanol–water partition coefficient (Wildman–Crippen LogP) is 3.35. The lowest BCUT2D eigenvalue weighted by molar-refractivity contribution is 0.197. The molecular weight excluding hydrogens is 277 g/mol. The van der Waals surface area contributed by atoms with E-state index in [1.54, 1.807) is 12.1 Å². The van der Waals surface area contributed by atoms with Gasteiger partial charge in [-0.05, 0) is 29.7 Å². The fraction of sp³-hybridized carbons (Fsp3) is 0.250. The molecule has 1 aliphatic heterocycles. The van der Waals surface area contributed by atoms with Crippen LogP contribution in [0.5, 0.6) is 5.75 Å². The zero-order valence-electron chi connectivity index (χ0n) is 10.9.